The molecular weight excluding hydrogens is 268 g/mol. The maximum absolute atomic E-state index is 12.3. The lowest BCUT2D eigenvalue weighted by atomic mass is 10.0. The summed E-state index contributed by atoms with van der Waals surface area (Å²) in [7, 11) is 5.48. The molecule has 1 aliphatic heterocycles. The number of ether oxygens (including phenoxy) is 1. The van der Waals surface area contributed by atoms with Crippen LogP contribution in [0, 0.1) is 0 Å². The number of carbonyl (C=O) groups excluding carboxylic acids is 1. The Labute approximate surface area is 126 Å². The molecule has 1 atom stereocenters. The Balaban J connectivity index is 1.92. The summed E-state index contributed by atoms with van der Waals surface area (Å²) in [5.74, 6) is 0.850. The number of likely N-dealkylation sites (N-methyl/N-ethyl adjacent to an activating group) is 1. The lowest BCUT2D eigenvalue weighted by Crippen LogP contribution is -2.43. The first-order valence-corrected chi connectivity index (χ1v) is 7.20. The first-order valence-electron chi connectivity index (χ1n) is 7.20. The Morgan fingerprint density at radius 1 is 1.38 bits per heavy atom. The zero-order chi connectivity index (χ0) is 15.5. The lowest BCUT2D eigenvalue weighted by molar-refractivity contribution is -0.130. The largest absolute Gasteiger partial charge is 0.497 e. The molecule has 116 valence electrons. The zero-order valence-corrected chi connectivity index (χ0v) is 13.0. The summed E-state index contributed by atoms with van der Waals surface area (Å²) in [5, 5.41) is 10.5. The first kappa shape index (κ1) is 15.8. The van der Waals surface area contributed by atoms with Crippen LogP contribution in [-0.4, -0.2) is 67.3 Å². The monoisotopic (exact) mass is 292 g/mol. The molecule has 1 amide bonds. The highest BCUT2D eigenvalue weighted by molar-refractivity contribution is 5.79. The van der Waals surface area contributed by atoms with Crippen LogP contribution in [0.2, 0.25) is 0 Å². The molecule has 1 saturated heterocycles. The molecule has 21 heavy (non-hydrogen) atoms. The van der Waals surface area contributed by atoms with Crippen molar-refractivity contribution in [3.8, 4) is 5.75 Å². The third-order valence-corrected chi connectivity index (χ3v) is 3.81. The zero-order valence-electron chi connectivity index (χ0n) is 13.0. The van der Waals surface area contributed by atoms with Crippen LogP contribution in [0.1, 0.15) is 12.0 Å². The molecule has 5 heteroatoms. The molecule has 0 aliphatic carbocycles. The molecule has 1 fully saturated rings. The number of hydrogen-bond donors (Lipinski definition) is 1. The van der Waals surface area contributed by atoms with E-state index in [1.54, 1.807) is 12.0 Å². The second-order valence-corrected chi connectivity index (χ2v) is 6.05. The van der Waals surface area contributed by atoms with E-state index in [1.807, 2.05) is 43.3 Å². The fraction of sp³-hybridized carbons (Fsp3) is 0.562. The number of carbonyl (C=O) groups is 1. The molecule has 0 aromatic heterocycles. The summed E-state index contributed by atoms with van der Waals surface area (Å²) >= 11 is 0. The molecule has 1 N–H and O–H groups in total. The van der Waals surface area contributed by atoms with Crippen LogP contribution in [0.15, 0.2) is 24.3 Å². The molecule has 1 heterocycles. The van der Waals surface area contributed by atoms with Crippen molar-refractivity contribution in [2.75, 3.05) is 40.8 Å². The number of rotatable bonds is 5. The number of methoxy groups -OCH3 is 1. The standard InChI is InChI=1S/C16H24N2O3/c1-17(2)11-16(20)8-9-18(12-16)15(19)10-13-4-6-14(21-3)7-5-13/h4-7,20H,8-12H2,1-3H3/t16-/m0/s1. The Morgan fingerprint density at radius 3 is 2.62 bits per heavy atom. The van der Waals surface area contributed by atoms with Crippen LogP contribution in [0.25, 0.3) is 0 Å². The van der Waals surface area contributed by atoms with Gasteiger partial charge in [0.2, 0.25) is 5.91 Å². The SMILES string of the molecule is COc1ccc(CC(=O)N2CC[C@](O)(CN(C)C)C2)cc1. The van der Waals surface area contributed by atoms with Gasteiger partial charge in [0.05, 0.1) is 25.7 Å². The minimum Gasteiger partial charge on any atom is -0.497 e. The van der Waals surface area contributed by atoms with Crippen molar-refractivity contribution in [3.05, 3.63) is 29.8 Å². The van der Waals surface area contributed by atoms with Crippen LogP contribution in [0.3, 0.4) is 0 Å². The van der Waals surface area contributed by atoms with Gasteiger partial charge in [-0.05, 0) is 38.2 Å². The van der Waals surface area contributed by atoms with E-state index >= 15 is 0 Å². The van der Waals surface area contributed by atoms with Gasteiger partial charge in [-0.3, -0.25) is 4.79 Å². The molecule has 0 unspecified atom stereocenters. The number of nitrogens with zero attached hydrogens (tertiary/aromatic N) is 2. The van der Waals surface area contributed by atoms with Crippen molar-refractivity contribution >= 4 is 5.91 Å². The van der Waals surface area contributed by atoms with Crippen LogP contribution in [0.5, 0.6) is 5.75 Å². The Morgan fingerprint density at radius 2 is 2.05 bits per heavy atom. The molecule has 0 bridgehead atoms. The van der Waals surface area contributed by atoms with Crippen molar-refractivity contribution < 1.29 is 14.6 Å². The molecule has 0 saturated carbocycles. The topological polar surface area (TPSA) is 53.0 Å². The van der Waals surface area contributed by atoms with Gasteiger partial charge in [0, 0.05) is 13.1 Å². The Bertz CT molecular complexity index is 487. The van der Waals surface area contributed by atoms with E-state index in [9.17, 15) is 9.90 Å². The molecule has 5 nitrogen and oxygen atoms in total. The molecule has 0 spiro atoms. The van der Waals surface area contributed by atoms with Gasteiger partial charge in [0.25, 0.3) is 0 Å². The summed E-state index contributed by atoms with van der Waals surface area (Å²) in [6.07, 6.45) is 1.00. The van der Waals surface area contributed by atoms with E-state index in [0.717, 1.165) is 11.3 Å². The molecule has 1 aromatic carbocycles. The van der Waals surface area contributed by atoms with Crippen molar-refractivity contribution in [1.82, 2.24) is 9.80 Å². The molecular formula is C16H24N2O3. The second kappa shape index (κ2) is 6.45. The van der Waals surface area contributed by atoms with E-state index in [2.05, 4.69) is 0 Å². The molecule has 0 radical (unpaired) electrons. The summed E-state index contributed by atoms with van der Waals surface area (Å²) < 4.78 is 5.11. The third-order valence-electron chi connectivity index (χ3n) is 3.81. The summed E-state index contributed by atoms with van der Waals surface area (Å²) in [6.45, 7) is 1.62. The normalized spacial score (nSPS) is 21.9. The van der Waals surface area contributed by atoms with E-state index in [-0.39, 0.29) is 5.91 Å². The molecule has 1 aliphatic rings. The van der Waals surface area contributed by atoms with Gasteiger partial charge in [-0.2, -0.15) is 0 Å². The predicted octanol–water partition coefficient (Wildman–Crippen LogP) is 0.763. The van der Waals surface area contributed by atoms with Crippen molar-refractivity contribution in [3.63, 3.8) is 0 Å². The number of hydrogen-bond acceptors (Lipinski definition) is 4. The molecule has 1 aromatic rings. The predicted molar refractivity (Wildman–Crippen MR) is 81.4 cm³/mol. The van der Waals surface area contributed by atoms with Gasteiger partial charge >= 0.3 is 0 Å². The Kier molecular flexibility index (Phi) is 4.85. The fourth-order valence-corrected chi connectivity index (χ4v) is 2.82. The summed E-state index contributed by atoms with van der Waals surface area (Å²) in [4.78, 5) is 16.0. The van der Waals surface area contributed by atoms with Gasteiger partial charge in [-0.1, -0.05) is 12.1 Å². The second-order valence-electron chi connectivity index (χ2n) is 6.05. The highest BCUT2D eigenvalue weighted by Crippen LogP contribution is 2.23. The van der Waals surface area contributed by atoms with Crippen molar-refractivity contribution in [2.45, 2.75) is 18.4 Å². The summed E-state index contributed by atoms with van der Waals surface area (Å²) in [6, 6.07) is 7.52. The van der Waals surface area contributed by atoms with Crippen LogP contribution in [0.4, 0.5) is 0 Å². The third kappa shape index (κ3) is 4.19. The minimum atomic E-state index is -0.779. The average Bonchev–Trinajstić information content (AvgIpc) is 2.81. The molecule has 2 rings (SSSR count). The number of likely N-dealkylation sites (tertiary alicyclic amines) is 1. The van der Waals surface area contributed by atoms with Crippen LogP contribution < -0.4 is 4.74 Å². The smallest absolute Gasteiger partial charge is 0.227 e. The van der Waals surface area contributed by atoms with E-state index < -0.39 is 5.60 Å². The highest BCUT2D eigenvalue weighted by Gasteiger charge is 2.38. The lowest BCUT2D eigenvalue weighted by Gasteiger charge is -2.26. The number of β-amino-alcohol motifs (C(OH)–C–C–N with tert-alkyl or cyclic N) is 1. The summed E-state index contributed by atoms with van der Waals surface area (Å²) in [5.41, 5.74) is 0.183. The number of aliphatic hydroxyl groups is 1. The van der Waals surface area contributed by atoms with Crippen LogP contribution in [-0.2, 0) is 11.2 Å². The maximum atomic E-state index is 12.3. The fourth-order valence-electron chi connectivity index (χ4n) is 2.82. The number of amides is 1. The van der Waals surface area contributed by atoms with Gasteiger partial charge in [-0.25, -0.2) is 0 Å². The van der Waals surface area contributed by atoms with Gasteiger partial charge in [0.15, 0.2) is 0 Å². The van der Waals surface area contributed by atoms with Gasteiger partial charge in [-0.15, -0.1) is 0 Å². The highest BCUT2D eigenvalue weighted by atomic mass is 16.5. The first-order chi connectivity index (χ1) is 9.92. The van der Waals surface area contributed by atoms with Gasteiger partial charge in [0.1, 0.15) is 5.75 Å². The minimum absolute atomic E-state index is 0.0647. The number of benzene rings is 1. The Hall–Kier alpha value is -1.59. The average molecular weight is 292 g/mol. The van der Waals surface area contributed by atoms with E-state index in [4.69, 9.17) is 4.74 Å². The van der Waals surface area contributed by atoms with E-state index in [1.165, 1.54) is 0 Å². The maximum Gasteiger partial charge on any atom is 0.227 e. The van der Waals surface area contributed by atoms with E-state index in [0.29, 0.717) is 32.5 Å². The van der Waals surface area contributed by atoms with Crippen molar-refractivity contribution in [1.29, 1.82) is 0 Å². The quantitative estimate of drug-likeness (QED) is 0.871. The van der Waals surface area contributed by atoms with Crippen LogP contribution >= 0.6 is 0 Å². The van der Waals surface area contributed by atoms with Gasteiger partial charge < -0.3 is 19.6 Å². The van der Waals surface area contributed by atoms with Crippen molar-refractivity contribution in [2.24, 2.45) is 0 Å².